The van der Waals surface area contributed by atoms with Crippen LogP contribution in [-0.2, 0) is 16.1 Å². The topological polar surface area (TPSA) is 49.8 Å². The van der Waals surface area contributed by atoms with Crippen molar-refractivity contribution in [2.24, 2.45) is 0 Å². The van der Waals surface area contributed by atoms with Gasteiger partial charge in [-0.1, -0.05) is 12.1 Å². The third kappa shape index (κ3) is 4.05. The Balaban J connectivity index is 1.45. The van der Waals surface area contributed by atoms with Crippen molar-refractivity contribution in [2.75, 3.05) is 24.6 Å². The first-order valence-corrected chi connectivity index (χ1v) is 9.18. The maximum absolute atomic E-state index is 12.9. The number of hydrogen-bond acceptors (Lipinski definition) is 4. The lowest BCUT2D eigenvalue weighted by Crippen LogP contribution is -2.52. The fraction of sp³-hybridized carbons (Fsp3) is 0.588. The van der Waals surface area contributed by atoms with Gasteiger partial charge in [-0.3, -0.25) is 4.79 Å². The highest BCUT2D eigenvalue weighted by Gasteiger charge is 2.42. The first-order chi connectivity index (χ1) is 11.1. The molecule has 6 heteroatoms. The summed E-state index contributed by atoms with van der Waals surface area (Å²) in [5.41, 5.74) is -0.214. The van der Waals surface area contributed by atoms with Crippen LogP contribution in [0.25, 0.3) is 0 Å². The maximum Gasteiger partial charge on any atom is 0.255 e. The summed E-state index contributed by atoms with van der Waals surface area (Å²) in [6.45, 7) is 1.71. The summed E-state index contributed by atoms with van der Waals surface area (Å²) in [6.07, 6.45) is 2.21. The second-order valence-electron chi connectivity index (χ2n) is 6.26. The number of thioether (sulfide) groups is 1. The molecule has 1 aromatic rings. The van der Waals surface area contributed by atoms with E-state index in [1.807, 2.05) is 0 Å². The Hall–Kier alpha value is -1.11. The molecule has 1 N–H and O–H groups in total. The molecule has 2 aliphatic heterocycles. The van der Waals surface area contributed by atoms with Gasteiger partial charge in [0, 0.05) is 18.8 Å². The fourth-order valence-electron chi connectivity index (χ4n) is 3.04. The molecule has 1 amide bonds. The zero-order valence-corrected chi connectivity index (χ0v) is 13.9. The number of benzene rings is 1. The number of rotatable bonds is 4. The van der Waals surface area contributed by atoms with E-state index in [4.69, 9.17) is 4.74 Å². The summed E-state index contributed by atoms with van der Waals surface area (Å²) < 4.78 is 18.7. The average molecular weight is 339 g/mol. The van der Waals surface area contributed by atoms with Crippen LogP contribution in [-0.4, -0.2) is 52.2 Å². The molecular formula is C17H22FNO3S. The molecule has 126 valence electrons. The normalized spacial score (nSPS) is 25.7. The van der Waals surface area contributed by atoms with Gasteiger partial charge in [-0.15, -0.1) is 0 Å². The Labute approximate surface area is 140 Å². The number of amides is 1. The van der Waals surface area contributed by atoms with Gasteiger partial charge in [-0.25, -0.2) is 4.39 Å². The van der Waals surface area contributed by atoms with Crippen LogP contribution in [0.2, 0.25) is 0 Å². The quantitative estimate of drug-likeness (QED) is 0.914. The number of aliphatic hydroxyl groups is 1. The van der Waals surface area contributed by atoms with Gasteiger partial charge in [0.15, 0.2) is 5.60 Å². The van der Waals surface area contributed by atoms with Gasteiger partial charge in [-0.2, -0.15) is 11.8 Å². The van der Waals surface area contributed by atoms with E-state index in [1.165, 1.54) is 12.1 Å². The van der Waals surface area contributed by atoms with E-state index in [9.17, 15) is 14.3 Å². The third-order valence-corrected chi connectivity index (χ3v) is 5.70. The van der Waals surface area contributed by atoms with Crippen LogP contribution in [0.4, 0.5) is 4.39 Å². The summed E-state index contributed by atoms with van der Waals surface area (Å²) in [7, 11) is 0. The van der Waals surface area contributed by atoms with Gasteiger partial charge in [0.25, 0.3) is 5.91 Å². The maximum atomic E-state index is 12.9. The molecule has 1 atom stereocenters. The zero-order valence-electron chi connectivity index (χ0n) is 13.0. The van der Waals surface area contributed by atoms with E-state index in [2.05, 4.69) is 0 Å². The van der Waals surface area contributed by atoms with Crippen molar-refractivity contribution in [3.8, 4) is 0 Å². The molecule has 2 aliphatic rings. The number of carbonyl (C=O) groups excluding carboxylic acids is 1. The summed E-state index contributed by atoms with van der Waals surface area (Å²) in [6, 6.07) is 6.31. The predicted molar refractivity (Wildman–Crippen MR) is 87.7 cm³/mol. The highest BCUT2D eigenvalue weighted by atomic mass is 32.2. The lowest BCUT2D eigenvalue weighted by Gasteiger charge is -2.35. The second kappa shape index (κ2) is 7.20. The Morgan fingerprint density at radius 1 is 1.35 bits per heavy atom. The predicted octanol–water partition coefficient (Wildman–Crippen LogP) is 2.20. The summed E-state index contributed by atoms with van der Waals surface area (Å²) in [4.78, 5) is 14.2. The summed E-state index contributed by atoms with van der Waals surface area (Å²) >= 11 is 1.63. The first-order valence-electron chi connectivity index (χ1n) is 8.02. The molecule has 0 saturated carbocycles. The number of likely N-dealkylation sites (tertiary alicyclic amines) is 1. The molecular weight excluding hydrogens is 317 g/mol. The van der Waals surface area contributed by atoms with Gasteiger partial charge >= 0.3 is 0 Å². The SMILES string of the molecule is O=C(N1CCC(OCc2ccc(F)cc2)CC1)C1(O)CCSC1. The number of nitrogens with zero attached hydrogens (tertiary/aromatic N) is 1. The molecule has 2 saturated heterocycles. The Bertz CT molecular complexity index is 537. The van der Waals surface area contributed by atoms with Gasteiger partial charge in [0.05, 0.1) is 12.7 Å². The van der Waals surface area contributed by atoms with Crippen LogP contribution in [0.15, 0.2) is 24.3 Å². The lowest BCUT2D eigenvalue weighted by atomic mass is 9.99. The van der Waals surface area contributed by atoms with Crippen molar-refractivity contribution in [1.82, 2.24) is 4.90 Å². The van der Waals surface area contributed by atoms with E-state index in [0.717, 1.165) is 24.2 Å². The molecule has 2 heterocycles. The Kier molecular flexibility index (Phi) is 5.24. The van der Waals surface area contributed by atoms with Crippen LogP contribution < -0.4 is 0 Å². The van der Waals surface area contributed by atoms with Gasteiger partial charge in [-0.05, 0) is 42.7 Å². The van der Waals surface area contributed by atoms with Gasteiger partial charge < -0.3 is 14.7 Å². The van der Waals surface area contributed by atoms with Crippen molar-refractivity contribution in [2.45, 2.75) is 37.6 Å². The minimum atomic E-state index is -1.16. The van der Waals surface area contributed by atoms with E-state index in [0.29, 0.717) is 31.9 Å². The van der Waals surface area contributed by atoms with Crippen LogP contribution in [0, 0.1) is 5.82 Å². The fourth-order valence-corrected chi connectivity index (χ4v) is 4.27. The Morgan fingerprint density at radius 2 is 2.04 bits per heavy atom. The summed E-state index contributed by atoms with van der Waals surface area (Å²) in [5, 5.41) is 10.4. The molecule has 1 aromatic carbocycles. The monoisotopic (exact) mass is 339 g/mol. The second-order valence-corrected chi connectivity index (χ2v) is 7.37. The molecule has 23 heavy (non-hydrogen) atoms. The van der Waals surface area contributed by atoms with Gasteiger partial charge in [0.2, 0.25) is 0 Å². The smallest absolute Gasteiger partial charge is 0.255 e. The summed E-state index contributed by atoms with van der Waals surface area (Å²) in [5.74, 6) is 0.981. The molecule has 3 rings (SSSR count). The number of hydrogen-bond donors (Lipinski definition) is 1. The van der Waals surface area contributed by atoms with Crippen molar-refractivity contribution in [3.63, 3.8) is 0 Å². The van der Waals surface area contributed by atoms with Crippen LogP contribution in [0.1, 0.15) is 24.8 Å². The largest absolute Gasteiger partial charge is 0.379 e. The number of halogens is 1. The minimum absolute atomic E-state index is 0.108. The minimum Gasteiger partial charge on any atom is -0.379 e. The van der Waals surface area contributed by atoms with E-state index in [-0.39, 0.29) is 17.8 Å². The molecule has 1 unspecified atom stereocenters. The van der Waals surface area contributed by atoms with E-state index >= 15 is 0 Å². The van der Waals surface area contributed by atoms with Crippen molar-refractivity contribution in [3.05, 3.63) is 35.6 Å². The van der Waals surface area contributed by atoms with Crippen LogP contribution >= 0.6 is 11.8 Å². The average Bonchev–Trinajstić information content (AvgIpc) is 3.02. The van der Waals surface area contributed by atoms with Crippen molar-refractivity contribution >= 4 is 17.7 Å². The zero-order chi connectivity index (χ0) is 16.3. The third-order valence-electron chi connectivity index (χ3n) is 4.53. The molecule has 0 spiro atoms. The number of carbonyl (C=O) groups is 1. The molecule has 0 aliphatic carbocycles. The van der Waals surface area contributed by atoms with E-state index in [1.54, 1.807) is 28.8 Å². The lowest BCUT2D eigenvalue weighted by molar-refractivity contribution is -0.151. The molecule has 0 radical (unpaired) electrons. The standard InChI is InChI=1S/C17H22FNO3S/c18-14-3-1-13(2-4-14)11-22-15-5-8-19(9-6-15)16(20)17(21)7-10-23-12-17/h1-4,15,21H,5-12H2. The molecule has 0 bridgehead atoms. The number of ether oxygens (including phenoxy) is 1. The van der Waals surface area contributed by atoms with Crippen molar-refractivity contribution in [1.29, 1.82) is 0 Å². The van der Waals surface area contributed by atoms with Crippen molar-refractivity contribution < 1.29 is 19.0 Å². The molecule has 4 nitrogen and oxygen atoms in total. The van der Waals surface area contributed by atoms with Crippen LogP contribution in [0.5, 0.6) is 0 Å². The highest BCUT2D eigenvalue weighted by molar-refractivity contribution is 7.99. The molecule has 0 aromatic heterocycles. The number of piperidine rings is 1. The van der Waals surface area contributed by atoms with Gasteiger partial charge in [0.1, 0.15) is 5.82 Å². The Morgan fingerprint density at radius 3 is 2.65 bits per heavy atom. The van der Waals surface area contributed by atoms with Crippen LogP contribution in [0.3, 0.4) is 0 Å². The first kappa shape index (κ1) is 16.7. The highest BCUT2D eigenvalue weighted by Crippen LogP contribution is 2.30. The van der Waals surface area contributed by atoms with E-state index < -0.39 is 5.60 Å². The molecule has 2 fully saturated rings.